The average molecular weight is 416 g/mol. The minimum absolute atomic E-state index is 0.0195. The first-order valence-corrected chi connectivity index (χ1v) is 11.6. The van der Waals surface area contributed by atoms with Crippen molar-refractivity contribution in [1.29, 1.82) is 0 Å². The van der Waals surface area contributed by atoms with Crippen LogP contribution in [-0.2, 0) is 9.53 Å². The van der Waals surface area contributed by atoms with E-state index in [0.29, 0.717) is 29.1 Å². The number of ether oxygens (including phenoxy) is 1. The van der Waals surface area contributed by atoms with E-state index in [1.807, 2.05) is 47.6 Å². The fourth-order valence-electron chi connectivity index (χ4n) is 4.49. The summed E-state index contributed by atoms with van der Waals surface area (Å²) in [5.74, 6) is 0.367. The first-order valence-electron chi connectivity index (χ1n) is 10.6. The number of para-hydroxylation sites is 1. The first-order chi connectivity index (χ1) is 14.0. The van der Waals surface area contributed by atoms with E-state index >= 15 is 0 Å². The molecule has 1 saturated carbocycles. The molecule has 4 rings (SSSR count). The molecule has 1 aliphatic heterocycles. The van der Waals surface area contributed by atoms with Gasteiger partial charge < -0.3 is 9.64 Å². The van der Waals surface area contributed by atoms with Gasteiger partial charge >= 0.3 is 0 Å². The van der Waals surface area contributed by atoms with Crippen LogP contribution in [-0.4, -0.2) is 51.4 Å². The van der Waals surface area contributed by atoms with Crippen LogP contribution < -0.4 is 5.56 Å². The van der Waals surface area contributed by atoms with Gasteiger partial charge in [0.15, 0.2) is 5.16 Å². The van der Waals surface area contributed by atoms with E-state index in [-0.39, 0.29) is 35.5 Å². The largest absolute Gasteiger partial charge is 0.372 e. The number of nitrogens with zero attached hydrogens (tertiary/aromatic N) is 3. The van der Waals surface area contributed by atoms with E-state index in [2.05, 4.69) is 0 Å². The molecule has 1 aliphatic carbocycles. The van der Waals surface area contributed by atoms with Gasteiger partial charge in [0.25, 0.3) is 5.56 Å². The molecular formula is C22H29N3O3S. The van der Waals surface area contributed by atoms with Gasteiger partial charge in [0.05, 0.1) is 28.9 Å². The van der Waals surface area contributed by atoms with Crippen molar-refractivity contribution >= 4 is 28.6 Å². The van der Waals surface area contributed by atoms with E-state index in [1.54, 1.807) is 0 Å². The Morgan fingerprint density at radius 1 is 1.14 bits per heavy atom. The number of rotatable bonds is 4. The Morgan fingerprint density at radius 3 is 2.55 bits per heavy atom. The first kappa shape index (κ1) is 20.4. The Balaban J connectivity index is 1.60. The van der Waals surface area contributed by atoms with Gasteiger partial charge in [-0.25, -0.2) is 4.98 Å². The molecule has 0 unspecified atom stereocenters. The molecule has 2 fully saturated rings. The number of thioether (sulfide) groups is 1. The molecule has 6 nitrogen and oxygen atoms in total. The lowest BCUT2D eigenvalue weighted by Gasteiger charge is -2.35. The second-order valence-electron chi connectivity index (χ2n) is 8.22. The quantitative estimate of drug-likeness (QED) is 0.564. The summed E-state index contributed by atoms with van der Waals surface area (Å²) in [4.78, 5) is 32.8. The lowest BCUT2D eigenvalue weighted by molar-refractivity contribution is -0.140. The molecule has 156 valence electrons. The maximum absolute atomic E-state index is 13.3. The van der Waals surface area contributed by atoms with Crippen molar-refractivity contribution in [3.05, 3.63) is 34.6 Å². The topological polar surface area (TPSA) is 64.4 Å². The fraction of sp³-hybridized carbons (Fsp3) is 0.591. The van der Waals surface area contributed by atoms with Crippen LogP contribution in [0.3, 0.4) is 0 Å². The van der Waals surface area contributed by atoms with Gasteiger partial charge in [0.2, 0.25) is 5.91 Å². The van der Waals surface area contributed by atoms with Crippen molar-refractivity contribution in [2.75, 3.05) is 18.8 Å². The highest BCUT2D eigenvalue weighted by molar-refractivity contribution is 7.99. The number of hydrogen-bond donors (Lipinski definition) is 0. The summed E-state index contributed by atoms with van der Waals surface area (Å²) in [7, 11) is 0. The third kappa shape index (κ3) is 4.51. The average Bonchev–Trinajstić information content (AvgIpc) is 2.72. The molecule has 1 amide bonds. The van der Waals surface area contributed by atoms with Gasteiger partial charge in [-0.3, -0.25) is 14.2 Å². The molecule has 0 N–H and O–H groups in total. The Kier molecular flexibility index (Phi) is 6.25. The minimum atomic E-state index is 0.0195. The number of amides is 1. The highest BCUT2D eigenvalue weighted by Crippen LogP contribution is 2.31. The second-order valence-corrected chi connectivity index (χ2v) is 9.17. The van der Waals surface area contributed by atoms with E-state index in [4.69, 9.17) is 9.72 Å². The molecule has 1 aromatic carbocycles. The van der Waals surface area contributed by atoms with Gasteiger partial charge in [0.1, 0.15) is 0 Å². The Bertz CT molecular complexity index is 929. The van der Waals surface area contributed by atoms with E-state index < -0.39 is 0 Å². The predicted octanol–water partition coefficient (Wildman–Crippen LogP) is 3.63. The van der Waals surface area contributed by atoms with Gasteiger partial charge in [-0.1, -0.05) is 43.2 Å². The summed E-state index contributed by atoms with van der Waals surface area (Å²) in [5.41, 5.74) is 0.721. The zero-order chi connectivity index (χ0) is 20.4. The van der Waals surface area contributed by atoms with E-state index in [9.17, 15) is 9.59 Å². The van der Waals surface area contributed by atoms with Crippen molar-refractivity contribution < 1.29 is 9.53 Å². The lowest BCUT2D eigenvalue weighted by atomic mass is 9.95. The molecule has 2 atom stereocenters. The van der Waals surface area contributed by atoms with E-state index in [0.717, 1.165) is 25.7 Å². The normalized spacial score (nSPS) is 23.4. The Labute approximate surface area is 175 Å². The Morgan fingerprint density at radius 2 is 1.83 bits per heavy atom. The highest BCUT2D eigenvalue weighted by atomic mass is 32.2. The molecule has 0 spiro atoms. The molecule has 0 radical (unpaired) electrons. The second kappa shape index (κ2) is 8.88. The molecule has 0 bridgehead atoms. The fourth-order valence-corrected chi connectivity index (χ4v) is 5.46. The number of aromatic nitrogens is 2. The van der Waals surface area contributed by atoms with Crippen LogP contribution in [0.4, 0.5) is 0 Å². The molecule has 7 heteroatoms. The van der Waals surface area contributed by atoms with Crippen LogP contribution in [0.1, 0.15) is 52.0 Å². The standard InChI is InChI=1S/C22H29N3O3S/c1-15-12-24(13-16(2)28-15)20(26)14-29-22-23-19-11-7-6-10-18(19)21(27)25(22)17-8-4-3-5-9-17/h6-7,10-11,15-17H,3-5,8-9,12-14H2,1-2H3/t15-,16-/m0/s1. The molecule has 2 heterocycles. The summed E-state index contributed by atoms with van der Waals surface area (Å²) in [6.45, 7) is 5.22. The van der Waals surface area contributed by atoms with Crippen molar-refractivity contribution in [1.82, 2.24) is 14.5 Å². The monoisotopic (exact) mass is 415 g/mol. The van der Waals surface area contributed by atoms with E-state index in [1.165, 1.54) is 18.2 Å². The Hall–Kier alpha value is -1.86. The summed E-state index contributed by atoms with van der Waals surface area (Å²) < 4.78 is 7.60. The van der Waals surface area contributed by atoms with Crippen molar-refractivity contribution in [2.24, 2.45) is 0 Å². The molecule has 1 saturated heterocycles. The van der Waals surface area contributed by atoms with Gasteiger partial charge in [0, 0.05) is 19.1 Å². The zero-order valence-corrected chi connectivity index (χ0v) is 18.0. The lowest BCUT2D eigenvalue weighted by Crippen LogP contribution is -2.48. The smallest absolute Gasteiger partial charge is 0.262 e. The van der Waals surface area contributed by atoms with Crippen LogP contribution in [0.2, 0.25) is 0 Å². The number of carbonyl (C=O) groups is 1. The molecule has 1 aromatic heterocycles. The van der Waals surface area contributed by atoms with Crippen molar-refractivity contribution in [2.45, 2.75) is 69.4 Å². The van der Waals surface area contributed by atoms with Crippen molar-refractivity contribution in [3.8, 4) is 0 Å². The zero-order valence-electron chi connectivity index (χ0n) is 17.2. The molecule has 2 aliphatic rings. The minimum Gasteiger partial charge on any atom is -0.372 e. The van der Waals surface area contributed by atoms with Gasteiger partial charge in [-0.15, -0.1) is 0 Å². The number of hydrogen-bond acceptors (Lipinski definition) is 5. The maximum Gasteiger partial charge on any atom is 0.262 e. The van der Waals surface area contributed by atoms with Crippen LogP contribution in [0.15, 0.2) is 34.2 Å². The summed E-state index contributed by atoms with van der Waals surface area (Å²) in [6.07, 6.45) is 5.59. The van der Waals surface area contributed by atoms with Gasteiger partial charge in [-0.2, -0.15) is 0 Å². The summed E-state index contributed by atoms with van der Waals surface area (Å²) in [5, 5.41) is 1.33. The van der Waals surface area contributed by atoms with Crippen LogP contribution in [0.25, 0.3) is 10.9 Å². The van der Waals surface area contributed by atoms with Crippen LogP contribution in [0.5, 0.6) is 0 Å². The van der Waals surface area contributed by atoms with Crippen LogP contribution in [0, 0.1) is 0 Å². The van der Waals surface area contributed by atoms with Gasteiger partial charge in [-0.05, 0) is 38.8 Å². The maximum atomic E-state index is 13.3. The van der Waals surface area contributed by atoms with Crippen molar-refractivity contribution in [3.63, 3.8) is 0 Å². The third-order valence-corrected chi connectivity index (χ3v) is 6.75. The number of fused-ring (bicyclic) bond motifs is 1. The van der Waals surface area contributed by atoms with Crippen LogP contribution >= 0.6 is 11.8 Å². The third-order valence-electron chi connectivity index (χ3n) is 5.81. The SMILES string of the molecule is C[C@H]1CN(C(=O)CSc2nc3ccccc3c(=O)n2C2CCCCC2)C[C@H](C)O1. The highest BCUT2D eigenvalue weighted by Gasteiger charge is 2.27. The number of morpholine rings is 1. The summed E-state index contributed by atoms with van der Waals surface area (Å²) in [6, 6.07) is 7.68. The predicted molar refractivity (Wildman–Crippen MR) is 115 cm³/mol. The molecule has 29 heavy (non-hydrogen) atoms. The molecular weight excluding hydrogens is 386 g/mol. The number of carbonyl (C=O) groups excluding carboxylic acids is 1. The number of benzene rings is 1. The summed E-state index contributed by atoms with van der Waals surface area (Å²) >= 11 is 1.39. The molecule has 2 aromatic rings.